The first kappa shape index (κ1) is 18.6. The largest absolute Gasteiger partial charge is 0.454 e. The summed E-state index contributed by atoms with van der Waals surface area (Å²) in [5.74, 6) is -1.06. The van der Waals surface area contributed by atoms with E-state index in [2.05, 4.69) is 5.32 Å². The van der Waals surface area contributed by atoms with E-state index in [1.165, 1.54) is 28.2 Å². The molecule has 138 valence electrons. The van der Waals surface area contributed by atoms with Gasteiger partial charge in [0, 0.05) is 17.1 Å². The third kappa shape index (κ3) is 5.15. The van der Waals surface area contributed by atoms with Crippen LogP contribution < -0.4 is 10.9 Å². The van der Waals surface area contributed by atoms with Crippen molar-refractivity contribution in [3.05, 3.63) is 93.0 Å². The van der Waals surface area contributed by atoms with Gasteiger partial charge in [-0.05, 0) is 23.1 Å². The molecule has 3 rings (SSSR count). The Labute approximate surface area is 160 Å². The number of hydrogen-bond donors (Lipinski definition) is 1. The molecule has 0 unspecified atom stereocenters. The molecule has 0 spiro atoms. The molecule has 7 heteroatoms. The van der Waals surface area contributed by atoms with Crippen molar-refractivity contribution in [3.8, 4) is 0 Å². The van der Waals surface area contributed by atoms with Crippen LogP contribution in [0.2, 0.25) is 0 Å². The van der Waals surface area contributed by atoms with Crippen molar-refractivity contribution in [3.63, 3.8) is 0 Å². The number of ether oxygens (including phenoxy) is 1. The van der Waals surface area contributed by atoms with Crippen LogP contribution in [0.15, 0.2) is 77.0 Å². The Bertz CT molecular complexity index is 951. The fourth-order valence-corrected chi connectivity index (χ4v) is 3.35. The van der Waals surface area contributed by atoms with Crippen LogP contribution in [0.5, 0.6) is 0 Å². The molecule has 0 saturated carbocycles. The number of nitrogens with zero attached hydrogens (tertiary/aromatic N) is 1. The summed E-state index contributed by atoms with van der Waals surface area (Å²) in [5.41, 5.74) is 0.635. The lowest BCUT2D eigenvalue weighted by Gasteiger charge is -2.18. The zero-order valence-corrected chi connectivity index (χ0v) is 15.2. The molecule has 1 aromatic carbocycles. The van der Waals surface area contributed by atoms with Gasteiger partial charge in [-0.25, -0.2) is 0 Å². The van der Waals surface area contributed by atoms with Gasteiger partial charge in [-0.2, -0.15) is 0 Å². The maximum atomic E-state index is 12.3. The second kappa shape index (κ2) is 8.95. The molecule has 0 aliphatic rings. The summed E-state index contributed by atoms with van der Waals surface area (Å²) in [4.78, 5) is 36.8. The first-order valence-corrected chi connectivity index (χ1v) is 9.20. The van der Waals surface area contributed by atoms with Crippen molar-refractivity contribution < 1.29 is 14.3 Å². The van der Waals surface area contributed by atoms with E-state index in [0.29, 0.717) is 0 Å². The fraction of sp³-hybridized carbons (Fsp3) is 0.150. The summed E-state index contributed by atoms with van der Waals surface area (Å²) in [6.45, 7) is -0.644. The molecule has 0 aliphatic carbocycles. The van der Waals surface area contributed by atoms with Crippen LogP contribution in [0.4, 0.5) is 0 Å². The molecule has 0 radical (unpaired) electrons. The van der Waals surface area contributed by atoms with Crippen LogP contribution in [0.25, 0.3) is 0 Å². The molecule has 27 heavy (non-hydrogen) atoms. The van der Waals surface area contributed by atoms with Crippen molar-refractivity contribution in [2.75, 3.05) is 6.61 Å². The van der Waals surface area contributed by atoms with Crippen LogP contribution in [-0.4, -0.2) is 23.1 Å². The predicted octanol–water partition coefficient (Wildman–Crippen LogP) is 2.36. The van der Waals surface area contributed by atoms with Crippen molar-refractivity contribution in [1.29, 1.82) is 0 Å². The van der Waals surface area contributed by atoms with Crippen LogP contribution in [0.3, 0.4) is 0 Å². The van der Waals surface area contributed by atoms with E-state index in [-0.39, 0.29) is 18.1 Å². The van der Waals surface area contributed by atoms with E-state index in [1.807, 2.05) is 47.8 Å². The molecule has 0 bridgehead atoms. The Kier molecular flexibility index (Phi) is 6.17. The summed E-state index contributed by atoms with van der Waals surface area (Å²) in [6.07, 6.45) is 1.49. The van der Waals surface area contributed by atoms with Gasteiger partial charge >= 0.3 is 5.97 Å². The first-order chi connectivity index (χ1) is 13.1. The molecule has 1 atom stereocenters. The van der Waals surface area contributed by atoms with Crippen molar-refractivity contribution in [2.45, 2.75) is 12.6 Å². The number of amides is 1. The lowest BCUT2D eigenvalue weighted by Crippen LogP contribution is -2.33. The van der Waals surface area contributed by atoms with Crippen molar-refractivity contribution >= 4 is 23.2 Å². The Morgan fingerprint density at radius 3 is 2.52 bits per heavy atom. The van der Waals surface area contributed by atoms with Crippen LogP contribution in [0, 0.1) is 0 Å². The number of carbonyl (C=O) groups excluding carboxylic acids is 2. The maximum absolute atomic E-state index is 12.3. The molecule has 1 N–H and O–H groups in total. The van der Waals surface area contributed by atoms with Gasteiger partial charge in [0.25, 0.3) is 11.5 Å². The SMILES string of the molecule is O=C(COC(=O)Cn1ccccc1=O)N[C@H](c1ccccc1)c1cccs1. The number of benzene rings is 1. The molecular weight excluding hydrogens is 364 g/mol. The highest BCUT2D eigenvalue weighted by Gasteiger charge is 2.18. The average Bonchev–Trinajstić information content (AvgIpc) is 3.21. The van der Waals surface area contributed by atoms with E-state index in [0.717, 1.165) is 10.4 Å². The highest BCUT2D eigenvalue weighted by atomic mass is 32.1. The second-order valence-electron chi connectivity index (χ2n) is 5.75. The number of rotatable bonds is 7. The maximum Gasteiger partial charge on any atom is 0.326 e. The van der Waals surface area contributed by atoms with E-state index < -0.39 is 18.5 Å². The molecule has 3 aromatic rings. The molecule has 0 saturated heterocycles. The van der Waals surface area contributed by atoms with E-state index >= 15 is 0 Å². The van der Waals surface area contributed by atoms with Crippen LogP contribution >= 0.6 is 11.3 Å². The van der Waals surface area contributed by atoms with Gasteiger partial charge in [0.05, 0.1) is 6.04 Å². The van der Waals surface area contributed by atoms with E-state index in [4.69, 9.17) is 4.74 Å². The zero-order chi connectivity index (χ0) is 19.1. The second-order valence-corrected chi connectivity index (χ2v) is 6.73. The predicted molar refractivity (Wildman–Crippen MR) is 102 cm³/mol. The Morgan fingerprint density at radius 1 is 1.04 bits per heavy atom. The molecular formula is C20H18N2O4S. The number of nitrogens with one attached hydrogen (secondary N) is 1. The van der Waals surface area contributed by atoms with Gasteiger partial charge in [-0.15, -0.1) is 11.3 Å². The normalized spacial score (nSPS) is 11.6. The minimum Gasteiger partial charge on any atom is -0.454 e. The highest BCUT2D eigenvalue weighted by Crippen LogP contribution is 2.25. The standard InChI is InChI=1S/C20H18N2O4S/c23-17(14-26-19(25)13-22-11-5-4-10-18(22)24)21-20(16-9-6-12-27-16)15-7-2-1-3-8-15/h1-12,20H,13-14H2,(H,21,23)/t20-/m1/s1. The molecule has 1 amide bonds. The number of aromatic nitrogens is 1. The van der Waals surface area contributed by atoms with Crippen LogP contribution in [-0.2, 0) is 20.9 Å². The van der Waals surface area contributed by atoms with Gasteiger partial charge in [-0.1, -0.05) is 42.5 Å². The monoisotopic (exact) mass is 382 g/mol. The number of hydrogen-bond acceptors (Lipinski definition) is 5. The number of esters is 1. The van der Waals surface area contributed by atoms with Gasteiger partial charge < -0.3 is 14.6 Å². The number of thiophene rings is 1. The lowest BCUT2D eigenvalue weighted by atomic mass is 10.1. The third-order valence-corrected chi connectivity index (χ3v) is 4.77. The summed E-state index contributed by atoms with van der Waals surface area (Å²) in [7, 11) is 0. The summed E-state index contributed by atoms with van der Waals surface area (Å²) in [5, 5.41) is 4.83. The van der Waals surface area contributed by atoms with E-state index in [1.54, 1.807) is 12.1 Å². The van der Waals surface area contributed by atoms with Crippen molar-refractivity contribution in [2.24, 2.45) is 0 Å². The topological polar surface area (TPSA) is 77.4 Å². The van der Waals surface area contributed by atoms with Gasteiger partial charge in [-0.3, -0.25) is 14.4 Å². The zero-order valence-electron chi connectivity index (χ0n) is 14.4. The fourth-order valence-electron chi connectivity index (χ4n) is 2.54. The Morgan fingerprint density at radius 2 is 1.81 bits per heavy atom. The number of pyridine rings is 1. The Balaban J connectivity index is 1.59. The number of carbonyl (C=O) groups is 2. The smallest absolute Gasteiger partial charge is 0.326 e. The minimum atomic E-state index is -0.647. The molecule has 0 fully saturated rings. The first-order valence-electron chi connectivity index (χ1n) is 8.32. The van der Waals surface area contributed by atoms with Crippen LogP contribution in [0.1, 0.15) is 16.5 Å². The van der Waals surface area contributed by atoms with Gasteiger partial charge in [0.2, 0.25) is 0 Å². The van der Waals surface area contributed by atoms with E-state index in [9.17, 15) is 14.4 Å². The molecule has 6 nitrogen and oxygen atoms in total. The lowest BCUT2D eigenvalue weighted by molar-refractivity contribution is -0.149. The summed E-state index contributed by atoms with van der Waals surface area (Å²) < 4.78 is 6.23. The average molecular weight is 382 g/mol. The summed E-state index contributed by atoms with van der Waals surface area (Å²) in [6, 6.07) is 17.7. The van der Waals surface area contributed by atoms with Crippen molar-refractivity contribution in [1.82, 2.24) is 9.88 Å². The van der Waals surface area contributed by atoms with Gasteiger partial charge in [0.15, 0.2) is 6.61 Å². The molecule has 2 heterocycles. The highest BCUT2D eigenvalue weighted by molar-refractivity contribution is 7.10. The minimum absolute atomic E-state index is 0.236. The Hall–Kier alpha value is -3.19. The third-order valence-electron chi connectivity index (χ3n) is 3.83. The van der Waals surface area contributed by atoms with Gasteiger partial charge in [0.1, 0.15) is 6.54 Å². The quantitative estimate of drug-likeness (QED) is 0.637. The molecule has 0 aliphatic heterocycles. The molecule has 2 aromatic heterocycles. The summed E-state index contributed by atoms with van der Waals surface area (Å²) >= 11 is 1.54.